The molecule has 2 heterocycles. The Kier molecular flexibility index (Phi) is 3.74. The van der Waals surface area contributed by atoms with E-state index in [0.717, 1.165) is 5.69 Å². The molecule has 7 heteroatoms. The van der Waals surface area contributed by atoms with E-state index in [0.29, 0.717) is 12.4 Å². The summed E-state index contributed by atoms with van der Waals surface area (Å²) < 4.78 is 6.61. The average molecular weight is 261 g/mol. The van der Waals surface area contributed by atoms with E-state index in [2.05, 4.69) is 15.2 Å². The molecule has 7 nitrogen and oxygen atoms in total. The second-order valence-electron chi connectivity index (χ2n) is 3.91. The van der Waals surface area contributed by atoms with E-state index in [1.165, 1.54) is 0 Å². The van der Waals surface area contributed by atoms with E-state index >= 15 is 0 Å². The third-order valence-corrected chi connectivity index (χ3v) is 2.61. The molecule has 0 fully saturated rings. The first-order valence-electron chi connectivity index (χ1n) is 5.89. The molecule has 0 aromatic carbocycles. The highest BCUT2D eigenvalue weighted by Crippen LogP contribution is 2.16. The lowest BCUT2D eigenvalue weighted by Crippen LogP contribution is -2.11. The fraction of sp³-hybridized carbons (Fsp3) is 0.333. The molecule has 0 aliphatic heterocycles. The van der Waals surface area contributed by atoms with Gasteiger partial charge in [-0.2, -0.15) is 10.2 Å². The van der Waals surface area contributed by atoms with Crippen LogP contribution in [0.5, 0.6) is 0 Å². The normalized spacial score (nSPS) is 10.4. The third kappa shape index (κ3) is 2.70. The van der Waals surface area contributed by atoms with Crippen molar-refractivity contribution in [3.8, 4) is 0 Å². The molecule has 0 saturated carbocycles. The summed E-state index contributed by atoms with van der Waals surface area (Å²) in [5.41, 5.74) is 6.82. The number of esters is 1. The molecule has 0 saturated heterocycles. The minimum atomic E-state index is -0.513. The van der Waals surface area contributed by atoms with Gasteiger partial charge in [0.2, 0.25) is 0 Å². The van der Waals surface area contributed by atoms with Crippen LogP contribution in [0.4, 0.5) is 5.82 Å². The molecule has 0 unspecified atom stereocenters. The van der Waals surface area contributed by atoms with Crippen molar-refractivity contribution >= 4 is 11.8 Å². The maximum absolute atomic E-state index is 11.7. The van der Waals surface area contributed by atoms with E-state index in [4.69, 9.17) is 10.5 Å². The Bertz CT molecular complexity index is 579. The summed E-state index contributed by atoms with van der Waals surface area (Å²) in [6, 6.07) is 3.62. The Morgan fingerprint density at radius 1 is 1.53 bits per heavy atom. The fourth-order valence-corrected chi connectivity index (χ4v) is 1.71. The van der Waals surface area contributed by atoms with E-state index in [1.807, 2.05) is 6.07 Å². The Hall–Kier alpha value is -2.44. The van der Waals surface area contributed by atoms with E-state index in [1.54, 1.807) is 30.7 Å². The van der Waals surface area contributed by atoms with Crippen LogP contribution in [0.2, 0.25) is 0 Å². The largest absolute Gasteiger partial charge is 0.461 e. The summed E-state index contributed by atoms with van der Waals surface area (Å²) >= 11 is 0. The molecule has 0 amide bonds. The highest BCUT2D eigenvalue weighted by Gasteiger charge is 2.19. The molecule has 0 aliphatic rings. The van der Waals surface area contributed by atoms with Crippen LogP contribution in [0.3, 0.4) is 0 Å². The van der Waals surface area contributed by atoms with Gasteiger partial charge in [0, 0.05) is 6.20 Å². The SMILES string of the molecule is CCOC(=O)c1nc(C)n(Cc2cccnn2)c1N. The lowest BCUT2D eigenvalue weighted by molar-refractivity contribution is 0.0521. The van der Waals surface area contributed by atoms with Crippen LogP contribution < -0.4 is 5.73 Å². The summed E-state index contributed by atoms with van der Waals surface area (Å²) in [7, 11) is 0. The fourth-order valence-electron chi connectivity index (χ4n) is 1.71. The number of ether oxygens (including phenoxy) is 1. The van der Waals surface area contributed by atoms with Crippen molar-refractivity contribution in [3.63, 3.8) is 0 Å². The Morgan fingerprint density at radius 3 is 2.95 bits per heavy atom. The van der Waals surface area contributed by atoms with Crippen LogP contribution >= 0.6 is 0 Å². The Labute approximate surface area is 110 Å². The van der Waals surface area contributed by atoms with Gasteiger partial charge in [0.25, 0.3) is 0 Å². The molecule has 100 valence electrons. The average Bonchev–Trinajstić information content (AvgIpc) is 2.68. The minimum absolute atomic E-state index is 0.142. The lowest BCUT2D eigenvalue weighted by atomic mass is 10.3. The number of nitrogens with zero attached hydrogens (tertiary/aromatic N) is 4. The number of nitrogen functional groups attached to an aromatic ring is 1. The molecule has 2 aromatic heterocycles. The number of rotatable bonds is 4. The van der Waals surface area contributed by atoms with Crippen molar-refractivity contribution in [1.29, 1.82) is 0 Å². The molecule has 2 rings (SSSR count). The van der Waals surface area contributed by atoms with Crippen LogP contribution in [-0.2, 0) is 11.3 Å². The summed E-state index contributed by atoms with van der Waals surface area (Å²) in [6.07, 6.45) is 1.59. The number of aryl methyl sites for hydroxylation is 1. The van der Waals surface area contributed by atoms with Gasteiger partial charge in [-0.3, -0.25) is 0 Å². The van der Waals surface area contributed by atoms with Crippen LogP contribution in [0.1, 0.15) is 28.9 Å². The Morgan fingerprint density at radius 2 is 2.32 bits per heavy atom. The number of hydrogen-bond acceptors (Lipinski definition) is 6. The highest BCUT2D eigenvalue weighted by atomic mass is 16.5. The van der Waals surface area contributed by atoms with Crippen molar-refractivity contribution in [2.75, 3.05) is 12.3 Å². The molecule has 0 bridgehead atoms. The second kappa shape index (κ2) is 5.47. The van der Waals surface area contributed by atoms with Gasteiger partial charge in [-0.15, -0.1) is 0 Å². The van der Waals surface area contributed by atoms with Gasteiger partial charge in [0.1, 0.15) is 11.6 Å². The van der Waals surface area contributed by atoms with Crippen molar-refractivity contribution in [1.82, 2.24) is 19.7 Å². The van der Waals surface area contributed by atoms with Gasteiger partial charge in [-0.25, -0.2) is 9.78 Å². The van der Waals surface area contributed by atoms with Crippen LogP contribution in [-0.4, -0.2) is 32.3 Å². The summed E-state index contributed by atoms with van der Waals surface area (Å²) in [6.45, 7) is 4.21. The summed E-state index contributed by atoms with van der Waals surface area (Å²) in [5, 5.41) is 7.77. The van der Waals surface area contributed by atoms with Crippen molar-refractivity contribution < 1.29 is 9.53 Å². The summed E-state index contributed by atoms with van der Waals surface area (Å²) in [4.78, 5) is 15.8. The smallest absolute Gasteiger partial charge is 0.360 e. The van der Waals surface area contributed by atoms with Gasteiger partial charge < -0.3 is 15.0 Å². The quantitative estimate of drug-likeness (QED) is 0.817. The molecule has 2 aromatic rings. The zero-order valence-electron chi connectivity index (χ0n) is 10.8. The zero-order chi connectivity index (χ0) is 13.8. The molecule has 2 N–H and O–H groups in total. The third-order valence-electron chi connectivity index (χ3n) is 2.61. The van der Waals surface area contributed by atoms with E-state index < -0.39 is 5.97 Å². The minimum Gasteiger partial charge on any atom is -0.461 e. The predicted molar refractivity (Wildman–Crippen MR) is 68.5 cm³/mol. The number of carbonyl (C=O) groups is 1. The van der Waals surface area contributed by atoms with Crippen molar-refractivity contribution in [3.05, 3.63) is 35.5 Å². The van der Waals surface area contributed by atoms with Gasteiger partial charge in [0.15, 0.2) is 5.69 Å². The standard InChI is InChI=1S/C12H15N5O2/c1-3-19-12(18)10-11(13)17(8(2)15-10)7-9-5-4-6-14-16-9/h4-6H,3,7,13H2,1-2H3. The number of anilines is 1. The number of aromatic nitrogens is 4. The molecule has 0 radical (unpaired) electrons. The lowest BCUT2D eigenvalue weighted by Gasteiger charge is -2.06. The first kappa shape index (κ1) is 13.0. The van der Waals surface area contributed by atoms with Gasteiger partial charge in [0.05, 0.1) is 18.8 Å². The van der Waals surface area contributed by atoms with E-state index in [9.17, 15) is 4.79 Å². The first-order valence-corrected chi connectivity index (χ1v) is 5.89. The maximum atomic E-state index is 11.7. The predicted octanol–water partition coefficient (Wildman–Crippen LogP) is 0.789. The first-order chi connectivity index (χ1) is 9.13. The molecular weight excluding hydrogens is 246 g/mol. The molecule has 0 aliphatic carbocycles. The molecule has 19 heavy (non-hydrogen) atoms. The highest BCUT2D eigenvalue weighted by molar-refractivity contribution is 5.92. The number of imidazole rings is 1. The van der Waals surface area contributed by atoms with Crippen LogP contribution in [0.25, 0.3) is 0 Å². The number of carbonyl (C=O) groups excluding carboxylic acids is 1. The number of hydrogen-bond donors (Lipinski definition) is 1. The topological polar surface area (TPSA) is 95.9 Å². The van der Waals surface area contributed by atoms with Crippen molar-refractivity contribution in [2.24, 2.45) is 0 Å². The summed E-state index contributed by atoms with van der Waals surface area (Å²) in [5.74, 6) is 0.397. The van der Waals surface area contributed by atoms with Gasteiger partial charge >= 0.3 is 5.97 Å². The molecular formula is C12H15N5O2. The van der Waals surface area contributed by atoms with Crippen LogP contribution in [0, 0.1) is 6.92 Å². The van der Waals surface area contributed by atoms with Crippen molar-refractivity contribution in [2.45, 2.75) is 20.4 Å². The second-order valence-corrected chi connectivity index (χ2v) is 3.91. The monoisotopic (exact) mass is 261 g/mol. The zero-order valence-corrected chi connectivity index (χ0v) is 10.8. The van der Waals surface area contributed by atoms with Gasteiger partial charge in [-0.1, -0.05) is 0 Å². The molecule has 0 atom stereocenters. The van der Waals surface area contributed by atoms with Gasteiger partial charge in [-0.05, 0) is 26.0 Å². The van der Waals surface area contributed by atoms with E-state index in [-0.39, 0.29) is 18.1 Å². The maximum Gasteiger partial charge on any atom is 0.360 e. The van der Waals surface area contributed by atoms with Crippen LogP contribution in [0.15, 0.2) is 18.3 Å². The number of nitrogens with two attached hydrogens (primary N) is 1. The Balaban J connectivity index is 2.29. The molecule has 0 spiro atoms.